The number of hydrogen-bond acceptors (Lipinski definition) is 5. The number of rotatable bonds is 4. The minimum absolute atomic E-state index is 0.0674. The van der Waals surface area contributed by atoms with Crippen LogP contribution in [0.1, 0.15) is 40.6 Å². The van der Waals surface area contributed by atoms with Crippen molar-refractivity contribution in [3.63, 3.8) is 0 Å². The van der Waals surface area contributed by atoms with Gasteiger partial charge in [-0.15, -0.1) is 5.10 Å². The average molecular weight is 290 g/mol. The normalized spacial score (nSPS) is 16.2. The second kappa shape index (κ2) is 5.65. The molecule has 0 radical (unpaired) electrons. The SMILES string of the molecule is Cn1ccc(Cn2nnc(C(=O)O)c2C2CCNCC2)n1. The summed E-state index contributed by atoms with van der Waals surface area (Å²) in [6.45, 7) is 2.22. The van der Waals surface area contributed by atoms with Crippen LogP contribution in [0.4, 0.5) is 0 Å². The number of hydrogen-bond donors (Lipinski definition) is 2. The van der Waals surface area contributed by atoms with Gasteiger partial charge in [0.15, 0.2) is 5.69 Å². The number of aromatic carboxylic acids is 1. The lowest BCUT2D eigenvalue weighted by Gasteiger charge is -2.23. The Morgan fingerprint density at radius 1 is 1.48 bits per heavy atom. The second-order valence-corrected chi connectivity index (χ2v) is 5.29. The number of carboxylic acid groups (broad SMARTS) is 1. The van der Waals surface area contributed by atoms with Crippen molar-refractivity contribution in [1.82, 2.24) is 30.1 Å². The molecular weight excluding hydrogens is 272 g/mol. The van der Waals surface area contributed by atoms with Crippen LogP contribution >= 0.6 is 0 Å². The van der Waals surface area contributed by atoms with Crippen LogP contribution in [0.2, 0.25) is 0 Å². The van der Waals surface area contributed by atoms with E-state index in [2.05, 4.69) is 20.7 Å². The van der Waals surface area contributed by atoms with E-state index >= 15 is 0 Å². The lowest BCUT2D eigenvalue weighted by molar-refractivity contribution is 0.0688. The van der Waals surface area contributed by atoms with Crippen molar-refractivity contribution in [3.8, 4) is 0 Å². The van der Waals surface area contributed by atoms with Crippen molar-refractivity contribution in [2.24, 2.45) is 7.05 Å². The third-order valence-corrected chi connectivity index (χ3v) is 3.78. The molecule has 8 heteroatoms. The Labute approximate surface area is 121 Å². The van der Waals surface area contributed by atoms with E-state index < -0.39 is 5.97 Å². The Morgan fingerprint density at radius 3 is 2.86 bits per heavy atom. The molecule has 0 saturated carbocycles. The van der Waals surface area contributed by atoms with Crippen LogP contribution in [0.3, 0.4) is 0 Å². The summed E-state index contributed by atoms with van der Waals surface area (Å²) in [5.74, 6) is -0.841. The molecule has 0 spiro atoms. The number of nitrogens with one attached hydrogen (secondary N) is 1. The third kappa shape index (κ3) is 2.80. The van der Waals surface area contributed by atoms with Crippen LogP contribution in [0.25, 0.3) is 0 Å². The molecule has 0 atom stereocenters. The number of carboxylic acids is 1. The highest BCUT2D eigenvalue weighted by Gasteiger charge is 2.27. The fourth-order valence-electron chi connectivity index (χ4n) is 2.79. The first-order valence-electron chi connectivity index (χ1n) is 7.01. The fourth-order valence-corrected chi connectivity index (χ4v) is 2.79. The van der Waals surface area contributed by atoms with E-state index in [1.165, 1.54) is 0 Å². The van der Waals surface area contributed by atoms with Crippen molar-refractivity contribution in [2.75, 3.05) is 13.1 Å². The molecule has 112 valence electrons. The summed E-state index contributed by atoms with van der Waals surface area (Å²) in [5, 5.41) is 24.8. The molecule has 1 aliphatic heterocycles. The zero-order valence-corrected chi connectivity index (χ0v) is 11.9. The summed E-state index contributed by atoms with van der Waals surface area (Å²) >= 11 is 0. The first-order valence-corrected chi connectivity index (χ1v) is 7.01. The van der Waals surface area contributed by atoms with E-state index in [1.54, 1.807) is 9.36 Å². The monoisotopic (exact) mass is 290 g/mol. The van der Waals surface area contributed by atoms with Gasteiger partial charge in [0.1, 0.15) is 0 Å². The van der Waals surface area contributed by atoms with E-state index in [0.29, 0.717) is 6.54 Å². The van der Waals surface area contributed by atoms with Gasteiger partial charge in [-0.3, -0.25) is 4.68 Å². The van der Waals surface area contributed by atoms with Gasteiger partial charge < -0.3 is 10.4 Å². The van der Waals surface area contributed by atoms with Gasteiger partial charge in [0.2, 0.25) is 0 Å². The molecule has 3 rings (SSSR count). The van der Waals surface area contributed by atoms with Crippen molar-refractivity contribution < 1.29 is 9.90 Å². The molecule has 2 N–H and O–H groups in total. The Hall–Kier alpha value is -2.22. The number of nitrogens with zero attached hydrogens (tertiary/aromatic N) is 5. The van der Waals surface area contributed by atoms with Gasteiger partial charge in [-0.1, -0.05) is 5.21 Å². The highest BCUT2D eigenvalue weighted by atomic mass is 16.4. The summed E-state index contributed by atoms with van der Waals surface area (Å²) in [4.78, 5) is 11.4. The topological polar surface area (TPSA) is 97.9 Å². The van der Waals surface area contributed by atoms with Crippen molar-refractivity contribution in [2.45, 2.75) is 25.3 Å². The first-order chi connectivity index (χ1) is 10.1. The zero-order valence-electron chi connectivity index (χ0n) is 11.9. The smallest absolute Gasteiger partial charge is 0.358 e. The summed E-state index contributed by atoms with van der Waals surface area (Å²) in [6, 6.07) is 1.90. The molecule has 2 aromatic heterocycles. The van der Waals surface area contributed by atoms with Gasteiger partial charge in [0.25, 0.3) is 0 Å². The molecule has 1 saturated heterocycles. The van der Waals surface area contributed by atoms with Crippen molar-refractivity contribution in [3.05, 3.63) is 29.3 Å². The number of piperidine rings is 1. The summed E-state index contributed by atoms with van der Waals surface area (Å²) in [7, 11) is 1.85. The van der Waals surface area contributed by atoms with E-state index in [1.807, 2.05) is 19.3 Å². The standard InChI is InChI=1S/C13H18N6O2/c1-18-7-4-10(16-18)8-19-12(9-2-5-14-6-3-9)11(13(20)21)15-17-19/h4,7,9,14H,2-3,5-6,8H2,1H3,(H,20,21). The lowest BCUT2D eigenvalue weighted by atomic mass is 9.93. The Kier molecular flexibility index (Phi) is 3.70. The lowest BCUT2D eigenvalue weighted by Crippen LogP contribution is -2.29. The largest absolute Gasteiger partial charge is 0.476 e. The van der Waals surface area contributed by atoms with Crippen LogP contribution in [0.5, 0.6) is 0 Å². The molecule has 3 heterocycles. The van der Waals surface area contributed by atoms with Gasteiger partial charge in [0.05, 0.1) is 17.9 Å². The van der Waals surface area contributed by atoms with Crippen molar-refractivity contribution >= 4 is 5.97 Å². The average Bonchev–Trinajstić information content (AvgIpc) is 3.07. The summed E-state index contributed by atoms with van der Waals surface area (Å²) < 4.78 is 3.40. The quantitative estimate of drug-likeness (QED) is 0.836. The predicted molar refractivity (Wildman–Crippen MR) is 74.1 cm³/mol. The highest BCUT2D eigenvalue weighted by Crippen LogP contribution is 2.27. The van der Waals surface area contributed by atoms with Crippen LogP contribution in [0, 0.1) is 0 Å². The Morgan fingerprint density at radius 2 is 2.24 bits per heavy atom. The second-order valence-electron chi connectivity index (χ2n) is 5.29. The Balaban J connectivity index is 1.93. The molecular formula is C13H18N6O2. The van der Waals surface area contributed by atoms with Crippen molar-refractivity contribution in [1.29, 1.82) is 0 Å². The maximum Gasteiger partial charge on any atom is 0.358 e. The molecule has 21 heavy (non-hydrogen) atoms. The number of aryl methyl sites for hydroxylation is 1. The predicted octanol–water partition coefficient (Wildman–Crippen LogP) is 0.225. The fraction of sp³-hybridized carbons (Fsp3) is 0.538. The molecule has 0 aromatic carbocycles. The Bertz CT molecular complexity index is 641. The van der Waals surface area contributed by atoms with Crippen LogP contribution < -0.4 is 5.32 Å². The minimum Gasteiger partial charge on any atom is -0.476 e. The van der Waals surface area contributed by atoms with E-state index in [-0.39, 0.29) is 11.6 Å². The van der Waals surface area contributed by atoms with E-state index in [4.69, 9.17) is 0 Å². The number of carbonyl (C=O) groups is 1. The van der Waals surface area contributed by atoms with Gasteiger partial charge in [-0.2, -0.15) is 5.10 Å². The molecule has 0 bridgehead atoms. The highest BCUT2D eigenvalue weighted by molar-refractivity contribution is 5.86. The van der Waals surface area contributed by atoms with E-state index in [0.717, 1.165) is 37.3 Å². The summed E-state index contributed by atoms with van der Waals surface area (Å²) in [5.41, 5.74) is 1.63. The molecule has 0 unspecified atom stereocenters. The molecule has 0 aliphatic carbocycles. The molecule has 1 fully saturated rings. The molecule has 1 aliphatic rings. The minimum atomic E-state index is -1.02. The van der Waals surface area contributed by atoms with Gasteiger partial charge in [-0.25, -0.2) is 9.48 Å². The van der Waals surface area contributed by atoms with Crippen LogP contribution in [-0.4, -0.2) is 48.9 Å². The van der Waals surface area contributed by atoms with Gasteiger partial charge in [0, 0.05) is 19.2 Å². The first kappa shape index (κ1) is 13.7. The van der Waals surface area contributed by atoms with Crippen LogP contribution in [-0.2, 0) is 13.6 Å². The maximum atomic E-state index is 11.4. The molecule has 0 amide bonds. The van der Waals surface area contributed by atoms with Gasteiger partial charge >= 0.3 is 5.97 Å². The number of aromatic nitrogens is 5. The van der Waals surface area contributed by atoms with Gasteiger partial charge in [-0.05, 0) is 32.0 Å². The van der Waals surface area contributed by atoms with E-state index in [9.17, 15) is 9.90 Å². The summed E-state index contributed by atoms with van der Waals surface area (Å²) in [6.07, 6.45) is 3.65. The van der Waals surface area contributed by atoms with Crippen LogP contribution in [0.15, 0.2) is 12.3 Å². The molecule has 2 aromatic rings. The zero-order chi connectivity index (χ0) is 14.8. The molecule has 8 nitrogen and oxygen atoms in total. The maximum absolute atomic E-state index is 11.4. The third-order valence-electron chi connectivity index (χ3n) is 3.78.